The lowest BCUT2D eigenvalue weighted by Gasteiger charge is -2.34. The van der Waals surface area contributed by atoms with Gasteiger partial charge in [-0.25, -0.2) is 0 Å². The predicted octanol–water partition coefficient (Wildman–Crippen LogP) is 8.33. The predicted molar refractivity (Wildman–Crippen MR) is 167 cm³/mol. The van der Waals surface area contributed by atoms with Gasteiger partial charge in [0.15, 0.2) is 0 Å². The van der Waals surface area contributed by atoms with Crippen LogP contribution in [0.1, 0.15) is 97.9 Å². The molecule has 0 aromatic heterocycles. The van der Waals surface area contributed by atoms with Crippen LogP contribution >= 0.6 is 11.6 Å². The molecule has 1 heterocycles. The van der Waals surface area contributed by atoms with Gasteiger partial charge in [0.05, 0.1) is 13.2 Å². The highest BCUT2D eigenvalue weighted by Crippen LogP contribution is 2.42. The summed E-state index contributed by atoms with van der Waals surface area (Å²) in [6, 6.07) is 10.5. The lowest BCUT2D eigenvalue weighted by Crippen LogP contribution is -2.35. The van der Waals surface area contributed by atoms with Gasteiger partial charge in [-0.3, -0.25) is 14.4 Å². The number of benzene rings is 2. The first kappa shape index (κ1) is 34.5. The lowest BCUT2D eigenvalue weighted by molar-refractivity contribution is -0.345. The second-order valence-electron chi connectivity index (χ2n) is 12.4. The Labute approximate surface area is 264 Å². The highest BCUT2D eigenvalue weighted by molar-refractivity contribution is 6.30. The summed E-state index contributed by atoms with van der Waals surface area (Å²) in [4.78, 5) is 17.3. The number of nitrogens with zero attached hydrogens (tertiary/aromatic N) is 2. The van der Waals surface area contributed by atoms with Crippen LogP contribution in [-0.4, -0.2) is 73.7 Å². The molecule has 2 aromatic carbocycles. The molecule has 0 bridgehead atoms. The maximum Gasteiger partial charge on any atom is 0.522 e. The third-order valence-electron chi connectivity index (χ3n) is 9.41. The molecule has 1 saturated heterocycles. The fourth-order valence-corrected chi connectivity index (χ4v) is 7.39. The molecule has 1 N–H and O–H groups in total. The van der Waals surface area contributed by atoms with Crippen LogP contribution in [0.2, 0.25) is 5.02 Å². The normalized spacial score (nSPS) is 21.3. The standard InChI is InChI=1S/C34H46ClF3N2O4/c1-23-8-7-9-28(31(23)25-10-13-27(14-11-25)44-34(36,37)38)32(33(41)42)39(2)20-16-24(17-21-40-18-5-4-6-19-40)29-22-26(35)12-15-30(29)43-3/h7-9,12,15,22,24-25,27,32H,4-6,10-11,13-14,16-21H2,1-3H3,(H,41,42)/t24-,25?,27?,32+/m1/s1. The number of likely N-dealkylation sites (tertiary alicyclic amines) is 1. The number of aliphatic carboxylic acids is 1. The SMILES string of the molecule is COc1ccc(Cl)cc1[C@@H](CCN1CCCCC1)CCN(C)[C@H](C(=O)O)c1cccc(C)c1C1CCC(OC(F)(F)F)CC1. The van der Waals surface area contributed by atoms with Gasteiger partial charge in [0, 0.05) is 5.02 Å². The molecular formula is C34H46ClF3N2O4. The van der Waals surface area contributed by atoms with Crippen molar-refractivity contribution < 1.29 is 32.5 Å². The molecule has 0 spiro atoms. The molecular weight excluding hydrogens is 593 g/mol. The number of carboxylic acids is 1. The van der Waals surface area contributed by atoms with E-state index in [1.165, 1.54) is 19.3 Å². The van der Waals surface area contributed by atoms with E-state index >= 15 is 0 Å². The Morgan fingerprint density at radius 2 is 1.77 bits per heavy atom. The van der Waals surface area contributed by atoms with Gasteiger partial charge in [-0.15, -0.1) is 13.2 Å². The first-order valence-electron chi connectivity index (χ1n) is 15.8. The van der Waals surface area contributed by atoms with E-state index in [0.717, 1.165) is 48.5 Å². The molecule has 10 heteroatoms. The van der Waals surface area contributed by atoms with Crippen LogP contribution in [0.25, 0.3) is 0 Å². The molecule has 0 unspecified atom stereocenters. The van der Waals surface area contributed by atoms with Crippen LogP contribution in [0.5, 0.6) is 5.75 Å². The monoisotopic (exact) mass is 638 g/mol. The Morgan fingerprint density at radius 1 is 1.07 bits per heavy atom. The van der Waals surface area contributed by atoms with Crippen molar-refractivity contribution in [3.05, 3.63) is 63.7 Å². The zero-order valence-corrected chi connectivity index (χ0v) is 26.8. The summed E-state index contributed by atoms with van der Waals surface area (Å²) in [5, 5.41) is 11.2. The number of carbonyl (C=O) groups is 1. The van der Waals surface area contributed by atoms with Crippen LogP contribution in [0.3, 0.4) is 0 Å². The number of piperidine rings is 1. The summed E-state index contributed by atoms with van der Waals surface area (Å²) in [6.45, 7) is 5.63. The van der Waals surface area contributed by atoms with Crippen molar-refractivity contribution in [1.82, 2.24) is 9.80 Å². The first-order valence-corrected chi connectivity index (χ1v) is 16.2. The molecule has 44 heavy (non-hydrogen) atoms. The zero-order valence-electron chi connectivity index (χ0n) is 26.0. The van der Waals surface area contributed by atoms with Crippen LogP contribution in [0, 0.1) is 6.92 Å². The van der Waals surface area contributed by atoms with Gasteiger partial charge in [-0.1, -0.05) is 36.2 Å². The third kappa shape index (κ3) is 9.35. The van der Waals surface area contributed by atoms with Crippen LogP contribution in [-0.2, 0) is 9.53 Å². The minimum Gasteiger partial charge on any atom is -0.496 e. The Bertz CT molecular complexity index is 1230. The number of likely N-dealkylation sites (N-methyl/N-ethyl adjacent to an activating group) is 1. The van der Waals surface area contributed by atoms with Crippen molar-refractivity contribution in [2.24, 2.45) is 0 Å². The molecule has 2 aliphatic rings. The van der Waals surface area contributed by atoms with Gasteiger partial charge in [-0.2, -0.15) is 0 Å². The number of carboxylic acid groups (broad SMARTS) is 1. The second-order valence-corrected chi connectivity index (χ2v) is 12.8. The number of halogens is 4. The van der Waals surface area contributed by atoms with Crippen molar-refractivity contribution in [3.63, 3.8) is 0 Å². The van der Waals surface area contributed by atoms with E-state index in [9.17, 15) is 23.1 Å². The van der Waals surface area contributed by atoms with Crippen molar-refractivity contribution in [1.29, 1.82) is 0 Å². The summed E-state index contributed by atoms with van der Waals surface area (Å²) in [5.41, 5.74) is 3.65. The van der Waals surface area contributed by atoms with Crippen molar-refractivity contribution in [2.45, 2.75) is 95.1 Å². The van der Waals surface area contributed by atoms with Gasteiger partial charge in [-0.05, 0) is 144 Å². The number of ether oxygens (including phenoxy) is 2. The third-order valence-corrected chi connectivity index (χ3v) is 9.65. The van der Waals surface area contributed by atoms with E-state index < -0.39 is 24.5 Å². The largest absolute Gasteiger partial charge is 0.522 e. The fourth-order valence-electron chi connectivity index (χ4n) is 7.21. The van der Waals surface area contributed by atoms with Crippen LogP contribution < -0.4 is 4.74 Å². The summed E-state index contributed by atoms with van der Waals surface area (Å²) in [6.07, 6.45) is 1.40. The molecule has 244 valence electrons. The smallest absolute Gasteiger partial charge is 0.496 e. The molecule has 6 nitrogen and oxygen atoms in total. The second kappa shape index (κ2) is 15.8. The summed E-state index contributed by atoms with van der Waals surface area (Å²) < 4.78 is 48.4. The summed E-state index contributed by atoms with van der Waals surface area (Å²) >= 11 is 6.43. The average Bonchev–Trinajstić information content (AvgIpc) is 2.97. The van der Waals surface area contributed by atoms with Gasteiger partial charge >= 0.3 is 12.3 Å². The Morgan fingerprint density at radius 3 is 2.41 bits per heavy atom. The number of aryl methyl sites for hydroxylation is 1. The molecule has 2 fully saturated rings. The van der Waals surface area contributed by atoms with E-state index in [0.29, 0.717) is 36.4 Å². The quantitative estimate of drug-likeness (QED) is 0.238. The van der Waals surface area contributed by atoms with E-state index in [-0.39, 0.29) is 24.7 Å². The molecule has 2 atom stereocenters. The minimum absolute atomic E-state index is 0.0254. The molecule has 1 aliphatic heterocycles. The summed E-state index contributed by atoms with van der Waals surface area (Å²) in [7, 11) is 3.50. The van der Waals surface area contributed by atoms with Crippen LogP contribution in [0.15, 0.2) is 36.4 Å². The number of hydrogen-bond donors (Lipinski definition) is 1. The lowest BCUT2D eigenvalue weighted by atomic mass is 9.77. The minimum atomic E-state index is -4.65. The fraction of sp³-hybridized carbons (Fsp3) is 0.618. The van der Waals surface area contributed by atoms with Gasteiger partial charge in [0.1, 0.15) is 11.8 Å². The topological polar surface area (TPSA) is 62.2 Å². The molecule has 0 radical (unpaired) electrons. The van der Waals surface area contributed by atoms with Crippen LogP contribution in [0.4, 0.5) is 13.2 Å². The maximum atomic E-state index is 12.9. The Balaban J connectivity index is 1.53. The van der Waals surface area contributed by atoms with E-state index in [4.69, 9.17) is 16.3 Å². The Kier molecular flexibility index (Phi) is 12.4. The van der Waals surface area contributed by atoms with Crippen molar-refractivity contribution in [2.75, 3.05) is 40.3 Å². The zero-order chi connectivity index (χ0) is 31.9. The molecule has 0 amide bonds. The first-order chi connectivity index (χ1) is 21.0. The molecule has 4 rings (SSSR count). The number of methoxy groups -OCH3 is 1. The van der Waals surface area contributed by atoms with Gasteiger partial charge < -0.3 is 14.7 Å². The number of hydrogen-bond acceptors (Lipinski definition) is 5. The van der Waals surface area contributed by atoms with Crippen molar-refractivity contribution in [3.8, 4) is 5.75 Å². The van der Waals surface area contributed by atoms with Gasteiger partial charge in [0.25, 0.3) is 0 Å². The summed E-state index contributed by atoms with van der Waals surface area (Å²) in [5.74, 6) is -0.0777. The number of alkyl halides is 3. The highest BCUT2D eigenvalue weighted by atomic mass is 35.5. The maximum absolute atomic E-state index is 12.9. The van der Waals surface area contributed by atoms with Crippen molar-refractivity contribution >= 4 is 17.6 Å². The molecule has 1 saturated carbocycles. The Hall–Kier alpha value is -2.33. The average molecular weight is 639 g/mol. The van der Waals surface area contributed by atoms with Gasteiger partial charge in [0.2, 0.25) is 0 Å². The van der Waals surface area contributed by atoms with E-state index in [2.05, 4.69) is 9.64 Å². The van der Waals surface area contributed by atoms with E-state index in [1.807, 2.05) is 55.3 Å². The molecule has 1 aliphatic carbocycles. The number of rotatable bonds is 13. The molecule has 2 aromatic rings. The highest BCUT2D eigenvalue weighted by Gasteiger charge is 2.37. The van der Waals surface area contributed by atoms with E-state index in [1.54, 1.807) is 7.11 Å².